The van der Waals surface area contributed by atoms with Crippen molar-refractivity contribution in [2.45, 2.75) is 25.4 Å². The molecule has 1 aromatic rings. The van der Waals surface area contributed by atoms with Crippen LogP contribution < -0.4 is 0 Å². The van der Waals surface area contributed by atoms with Crippen LogP contribution in [0.5, 0.6) is 0 Å². The van der Waals surface area contributed by atoms with Crippen LogP contribution in [0, 0.1) is 5.92 Å². The molecule has 1 N–H and O–H groups in total. The lowest BCUT2D eigenvalue weighted by Crippen LogP contribution is -2.32. The summed E-state index contributed by atoms with van der Waals surface area (Å²) in [5, 5.41) is 9.00. The van der Waals surface area contributed by atoms with Crippen LogP contribution in [-0.2, 0) is 20.7 Å². The first kappa shape index (κ1) is 14.1. The summed E-state index contributed by atoms with van der Waals surface area (Å²) in [5.41, 5.74) is 2.33. The highest BCUT2D eigenvalue weighted by Crippen LogP contribution is 2.30. The van der Waals surface area contributed by atoms with E-state index in [0.29, 0.717) is 32.5 Å². The Kier molecular flexibility index (Phi) is 3.92. The quantitative estimate of drug-likeness (QED) is 0.918. The van der Waals surface area contributed by atoms with Gasteiger partial charge in [0.15, 0.2) is 0 Å². The number of ether oxygens (including phenoxy) is 1. The number of hydrogen-bond donors (Lipinski definition) is 1. The summed E-state index contributed by atoms with van der Waals surface area (Å²) >= 11 is 0. The number of carbonyl (C=O) groups is 2. The first-order chi connectivity index (χ1) is 10.1. The molecule has 0 saturated carbocycles. The molecule has 0 aliphatic carbocycles. The van der Waals surface area contributed by atoms with Crippen LogP contribution >= 0.6 is 0 Å². The summed E-state index contributed by atoms with van der Waals surface area (Å²) in [6, 6.07) is 8.05. The summed E-state index contributed by atoms with van der Waals surface area (Å²) in [7, 11) is 0. The number of carboxylic acids is 1. The van der Waals surface area contributed by atoms with Gasteiger partial charge in [0.1, 0.15) is 0 Å². The van der Waals surface area contributed by atoms with E-state index in [2.05, 4.69) is 6.07 Å². The van der Waals surface area contributed by atoms with Crippen LogP contribution in [-0.4, -0.2) is 41.6 Å². The molecule has 5 heteroatoms. The van der Waals surface area contributed by atoms with E-state index in [9.17, 15) is 9.59 Å². The third-order valence-electron chi connectivity index (χ3n) is 4.34. The fourth-order valence-electron chi connectivity index (χ4n) is 3.12. The Labute approximate surface area is 123 Å². The van der Waals surface area contributed by atoms with E-state index in [1.165, 1.54) is 5.56 Å². The van der Waals surface area contributed by atoms with Crippen LogP contribution in [0.1, 0.15) is 30.1 Å². The first-order valence-electron chi connectivity index (χ1n) is 7.35. The van der Waals surface area contributed by atoms with Gasteiger partial charge in [-0.15, -0.1) is 0 Å². The smallest absolute Gasteiger partial charge is 0.308 e. The lowest BCUT2D eigenvalue weighted by Gasteiger charge is -2.27. The standard InChI is InChI=1S/C16H19NO4/c18-15(17-7-5-12(10-17)16(19)20)9-14-13-4-2-1-3-11(13)6-8-21-14/h1-4,12,14H,5-10H2,(H,19,20)/t12-,14-/m1/s1. The Balaban J connectivity index is 1.65. The SMILES string of the molecule is O=C(O)[C@@H]1CCN(C(=O)C[C@H]2OCCc3ccccc32)C1. The molecule has 112 valence electrons. The van der Waals surface area contributed by atoms with Gasteiger partial charge in [-0.3, -0.25) is 9.59 Å². The van der Waals surface area contributed by atoms with Crippen LogP contribution in [0.4, 0.5) is 0 Å². The molecule has 2 aliphatic rings. The Hall–Kier alpha value is -1.88. The number of nitrogens with zero attached hydrogens (tertiary/aromatic N) is 1. The van der Waals surface area contributed by atoms with Crippen LogP contribution in [0.2, 0.25) is 0 Å². The highest BCUT2D eigenvalue weighted by molar-refractivity contribution is 5.79. The molecule has 0 bridgehead atoms. The normalized spacial score (nSPS) is 24.7. The summed E-state index contributed by atoms with van der Waals surface area (Å²) in [5.74, 6) is -1.25. The molecule has 5 nitrogen and oxygen atoms in total. The van der Waals surface area contributed by atoms with Gasteiger partial charge >= 0.3 is 5.97 Å². The number of benzene rings is 1. The zero-order valence-electron chi connectivity index (χ0n) is 11.8. The number of carbonyl (C=O) groups excluding carboxylic acids is 1. The maximum atomic E-state index is 12.3. The highest BCUT2D eigenvalue weighted by atomic mass is 16.5. The minimum absolute atomic E-state index is 0.0135. The average Bonchev–Trinajstić information content (AvgIpc) is 2.98. The van der Waals surface area contributed by atoms with Crippen molar-refractivity contribution in [3.8, 4) is 0 Å². The van der Waals surface area contributed by atoms with Gasteiger partial charge in [-0.05, 0) is 24.0 Å². The fraction of sp³-hybridized carbons (Fsp3) is 0.500. The molecular weight excluding hydrogens is 270 g/mol. The van der Waals surface area contributed by atoms with Crippen molar-refractivity contribution < 1.29 is 19.4 Å². The van der Waals surface area contributed by atoms with Gasteiger partial charge in [0.2, 0.25) is 5.91 Å². The predicted octanol–water partition coefficient (Wildman–Crippen LogP) is 1.62. The third-order valence-corrected chi connectivity index (χ3v) is 4.34. The van der Waals surface area contributed by atoms with Gasteiger partial charge in [0, 0.05) is 13.1 Å². The van der Waals surface area contributed by atoms with E-state index < -0.39 is 11.9 Å². The summed E-state index contributed by atoms with van der Waals surface area (Å²) in [6.07, 6.45) is 1.52. The van der Waals surface area contributed by atoms with Gasteiger partial charge in [0.05, 0.1) is 25.0 Å². The zero-order valence-corrected chi connectivity index (χ0v) is 11.8. The van der Waals surface area contributed by atoms with E-state index in [-0.39, 0.29) is 12.0 Å². The number of rotatable bonds is 3. The lowest BCUT2D eigenvalue weighted by atomic mass is 9.95. The molecule has 1 saturated heterocycles. The fourth-order valence-corrected chi connectivity index (χ4v) is 3.12. The van der Waals surface area contributed by atoms with Gasteiger partial charge in [-0.25, -0.2) is 0 Å². The summed E-state index contributed by atoms with van der Waals surface area (Å²) in [4.78, 5) is 25.0. The molecule has 0 spiro atoms. The minimum atomic E-state index is -0.815. The van der Waals surface area contributed by atoms with E-state index in [1.807, 2.05) is 18.2 Å². The predicted molar refractivity (Wildman–Crippen MR) is 75.8 cm³/mol. The number of likely N-dealkylation sites (tertiary alicyclic amines) is 1. The number of fused-ring (bicyclic) bond motifs is 1. The number of hydrogen-bond acceptors (Lipinski definition) is 3. The summed E-state index contributed by atoms with van der Waals surface area (Å²) in [6.45, 7) is 1.49. The second-order valence-electron chi connectivity index (χ2n) is 5.68. The Morgan fingerprint density at radius 2 is 2.14 bits per heavy atom. The zero-order chi connectivity index (χ0) is 14.8. The van der Waals surface area contributed by atoms with Crippen molar-refractivity contribution in [2.75, 3.05) is 19.7 Å². The molecule has 0 unspecified atom stereocenters. The van der Waals surface area contributed by atoms with Crippen molar-refractivity contribution in [3.63, 3.8) is 0 Å². The molecule has 1 aromatic carbocycles. The highest BCUT2D eigenvalue weighted by Gasteiger charge is 2.32. The topological polar surface area (TPSA) is 66.8 Å². The molecular formula is C16H19NO4. The number of carboxylic acid groups (broad SMARTS) is 1. The van der Waals surface area contributed by atoms with Crippen LogP contribution in [0.25, 0.3) is 0 Å². The van der Waals surface area contributed by atoms with Crippen molar-refractivity contribution in [1.29, 1.82) is 0 Å². The second kappa shape index (κ2) is 5.85. The largest absolute Gasteiger partial charge is 0.481 e. The molecule has 3 rings (SSSR count). The maximum Gasteiger partial charge on any atom is 0.308 e. The van der Waals surface area contributed by atoms with Crippen molar-refractivity contribution in [2.24, 2.45) is 5.92 Å². The lowest BCUT2D eigenvalue weighted by molar-refractivity contribution is -0.141. The van der Waals surface area contributed by atoms with Crippen molar-refractivity contribution in [3.05, 3.63) is 35.4 Å². The van der Waals surface area contributed by atoms with Gasteiger partial charge < -0.3 is 14.7 Å². The molecule has 21 heavy (non-hydrogen) atoms. The van der Waals surface area contributed by atoms with Crippen LogP contribution in [0.15, 0.2) is 24.3 Å². The summed E-state index contributed by atoms with van der Waals surface area (Å²) < 4.78 is 5.75. The third kappa shape index (κ3) is 2.93. The maximum absolute atomic E-state index is 12.3. The molecule has 1 fully saturated rings. The van der Waals surface area contributed by atoms with E-state index in [1.54, 1.807) is 4.90 Å². The molecule has 0 radical (unpaired) electrons. The van der Waals surface area contributed by atoms with E-state index >= 15 is 0 Å². The van der Waals surface area contributed by atoms with Gasteiger partial charge in [0.25, 0.3) is 0 Å². The Morgan fingerprint density at radius 1 is 1.33 bits per heavy atom. The monoisotopic (exact) mass is 289 g/mol. The Morgan fingerprint density at radius 3 is 2.90 bits per heavy atom. The van der Waals surface area contributed by atoms with Gasteiger partial charge in [-0.2, -0.15) is 0 Å². The molecule has 2 aliphatic heterocycles. The average molecular weight is 289 g/mol. The van der Waals surface area contributed by atoms with E-state index in [0.717, 1.165) is 12.0 Å². The van der Waals surface area contributed by atoms with Crippen LogP contribution in [0.3, 0.4) is 0 Å². The second-order valence-corrected chi connectivity index (χ2v) is 5.68. The molecule has 2 heterocycles. The van der Waals surface area contributed by atoms with Crippen molar-refractivity contribution in [1.82, 2.24) is 4.90 Å². The first-order valence-corrected chi connectivity index (χ1v) is 7.35. The molecule has 2 atom stereocenters. The molecule has 0 aromatic heterocycles. The van der Waals surface area contributed by atoms with Gasteiger partial charge in [-0.1, -0.05) is 24.3 Å². The molecule has 1 amide bonds. The number of amides is 1. The van der Waals surface area contributed by atoms with Crippen molar-refractivity contribution >= 4 is 11.9 Å². The minimum Gasteiger partial charge on any atom is -0.481 e. The Bertz CT molecular complexity index is 557. The number of aliphatic carboxylic acids is 1. The van der Waals surface area contributed by atoms with E-state index in [4.69, 9.17) is 9.84 Å².